The molecule has 0 bridgehead atoms. The maximum Gasteiger partial charge on any atom is 0.340 e. The maximum atomic E-state index is 12.5. The van der Waals surface area contributed by atoms with Gasteiger partial charge in [-0.05, 0) is 31.0 Å². The Morgan fingerprint density at radius 3 is 2.36 bits per heavy atom. The molecule has 0 saturated carbocycles. The van der Waals surface area contributed by atoms with Crippen molar-refractivity contribution >= 4 is 27.6 Å². The third-order valence-corrected chi connectivity index (χ3v) is 5.49. The number of amides is 1. The van der Waals surface area contributed by atoms with Crippen molar-refractivity contribution in [1.82, 2.24) is 4.31 Å². The van der Waals surface area contributed by atoms with Crippen LogP contribution in [0.3, 0.4) is 0 Å². The number of piperidine rings is 1. The number of benzene rings is 1. The van der Waals surface area contributed by atoms with Gasteiger partial charge in [-0.3, -0.25) is 4.79 Å². The highest BCUT2D eigenvalue weighted by atomic mass is 32.2. The van der Waals surface area contributed by atoms with E-state index < -0.39 is 16.0 Å². The van der Waals surface area contributed by atoms with Crippen LogP contribution in [-0.4, -0.2) is 58.2 Å². The highest BCUT2D eigenvalue weighted by molar-refractivity contribution is 7.88. The van der Waals surface area contributed by atoms with Crippen LogP contribution in [0.5, 0.6) is 5.75 Å². The van der Waals surface area contributed by atoms with E-state index >= 15 is 0 Å². The summed E-state index contributed by atoms with van der Waals surface area (Å²) in [5, 5.41) is 2.74. The van der Waals surface area contributed by atoms with Crippen molar-refractivity contribution in [3.05, 3.63) is 23.8 Å². The van der Waals surface area contributed by atoms with Crippen molar-refractivity contribution in [3.63, 3.8) is 0 Å². The molecule has 0 radical (unpaired) electrons. The molecule has 0 aromatic heterocycles. The van der Waals surface area contributed by atoms with Gasteiger partial charge in [-0.1, -0.05) is 0 Å². The largest absolute Gasteiger partial charge is 0.497 e. The Labute approximate surface area is 147 Å². The number of hydrogen-bond donors (Lipinski definition) is 1. The lowest BCUT2D eigenvalue weighted by atomic mass is 9.97. The molecule has 25 heavy (non-hydrogen) atoms. The second-order valence-electron chi connectivity index (χ2n) is 5.83. The number of esters is 1. The van der Waals surface area contributed by atoms with Crippen molar-refractivity contribution in [2.45, 2.75) is 12.8 Å². The zero-order valence-electron chi connectivity index (χ0n) is 14.4. The van der Waals surface area contributed by atoms with E-state index in [1.165, 1.54) is 24.6 Å². The summed E-state index contributed by atoms with van der Waals surface area (Å²) < 4.78 is 34.2. The first-order valence-electron chi connectivity index (χ1n) is 7.78. The molecule has 1 saturated heterocycles. The number of sulfonamides is 1. The fourth-order valence-electron chi connectivity index (χ4n) is 2.72. The van der Waals surface area contributed by atoms with Gasteiger partial charge in [0, 0.05) is 19.0 Å². The van der Waals surface area contributed by atoms with E-state index in [0.717, 1.165) is 6.26 Å². The minimum absolute atomic E-state index is 0.198. The molecule has 1 heterocycles. The number of ether oxygens (including phenoxy) is 2. The first-order valence-corrected chi connectivity index (χ1v) is 9.63. The van der Waals surface area contributed by atoms with Crippen LogP contribution in [0.2, 0.25) is 0 Å². The van der Waals surface area contributed by atoms with Gasteiger partial charge in [-0.25, -0.2) is 17.5 Å². The summed E-state index contributed by atoms with van der Waals surface area (Å²) in [5.41, 5.74) is 0.534. The molecule has 0 atom stereocenters. The van der Waals surface area contributed by atoms with Crippen molar-refractivity contribution in [3.8, 4) is 5.75 Å². The Morgan fingerprint density at radius 2 is 1.84 bits per heavy atom. The van der Waals surface area contributed by atoms with Gasteiger partial charge in [0.15, 0.2) is 0 Å². The monoisotopic (exact) mass is 370 g/mol. The Balaban J connectivity index is 2.10. The van der Waals surface area contributed by atoms with Crippen molar-refractivity contribution in [2.75, 3.05) is 38.9 Å². The number of nitrogens with zero attached hydrogens (tertiary/aromatic N) is 1. The summed E-state index contributed by atoms with van der Waals surface area (Å²) in [7, 11) is -0.502. The Hall–Kier alpha value is -2.13. The molecule has 0 aliphatic carbocycles. The van der Waals surface area contributed by atoms with Gasteiger partial charge in [-0.2, -0.15) is 0 Å². The van der Waals surface area contributed by atoms with Gasteiger partial charge in [-0.15, -0.1) is 0 Å². The van der Waals surface area contributed by atoms with Gasteiger partial charge in [0.1, 0.15) is 5.75 Å². The molecular formula is C16H22N2O6S. The number of anilines is 1. The number of carbonyl (C=O) groups is 2. The molecule has 138 valence electrons. The first kappa shape index (κ1) is 19.2. The van der Waals surface area contributed by atoms with E-state index in [1.807, 2.05) is 0 Å². The molecule has 0 spiro atoms. The zero-order valence-corrected chi connectivity index (χ0v) is 15.3. The summed E-state index contributed by atoms with van der Waals surface area (Å²) in [6, 6.07) is 4.71. The second kappa shape index (κ2) is 7.83. The standard InChI is InChI=1S/C16H22N2O6S/c1-23-12-4-5-14(13(10-12)16(20)24-2)17-15(19)11-6-8-18(9-7-11)25(3,21)22/h4-5,10-11H,6-9H2,1-3H3,(H,17,19). The van der Waals surface area contributed by atoms with E-state index in [1.54, 1.807) is 12.1 Å². The predicted octanol–water partition coefficient (Wildman–Crippen LogP) is 1.09. The SMILES string of the molecule is COC(=O)c1cc(OC)ccc1NC(=O)C1CCN(S(C)(=O)=O)CC1. The average molecular weight is 370 g/mol. The number of nitrogens with one attached hydrogen (secondary N) is 1. The lowest BCUT2D eigenvalue weighted by molar-refractivity contribution is -0.120. The first-order chi connectivity index (χ1) is 11.8. The van der Waals surface area contributed by atoms with Crippen LogP contribution < -0.4 is 10.1 Å². The van der Waals surface area contributed by atoms with E-state index in [4.69, 9.17) is 9.47 Å². The van der Waals surface area contributed by atoms with E-state index in [2.05, 4.69) is 5.32 Å². The Morgan fingerprint density at radius 1 is 1.20 bits per heavy atom. The van der Waals surface area contributed by atoms with E-state index in [9.17, 15) is 18.0 Å². The van der Waals surface area contributed by atoms with Gasteiger partial charge >= 0.3 is 5.97 Å². The molecule has 2 rings (SSSR count). The molecule has 1 aromatic carbocycles. The molecule has 1 amide bonds. The minimum Gasteiger partial charge on any atom is -0.497 e. The van der Waals surface area contributed by atoms with Gasteiger partial charge in [0.05, 0.1) is 31.7 Å². The fourth-order valence-corrected chi connectivity index (χ4v) is 3.60. The molecule has 8 nitrogen and oxygen atoms in total. The van der Waals surface area contributed by atoms with Crippen LogP contribution in [-0.2, 0) is 19.6 Å². The van der Waals surface area contributed by atoms with Crippen molar-refractivity contribution in [1.29, 1.82) is 0 Å². The Kier molecular flexibility index (Phi) is 6.02. The van der Waals surface area contributed by atoms with Crippen molar-refractivity contribution in [2.24, 2.45) is 5.92 Å². The van der Waals surface area contributed by atoms with Crippen LogP contribution in [0.4, 0.5) is 5.69 Å². The lowest BCUT2D eigenvalue weighted by Crippen LogP contribution is -2.41. The lowest BCUT2D eigenvalue weighted by Gasteiger charge is -2.29. The predicted molar refractivity (Wildman–Crippen MR) is 92.1 cm³/mol. The van der Waals surface area contributed by atoms with Crippen LogP contribution in [0.25, 0.3) is 0 Å². The number of carbonyl (C=O) groups excluding carboxylic acids is 2. The van der Waals surface area contributed by atoms with E-state index in [0.29, 0.717) is 37.4 Å². The fraction of sp³-hybridized carbons (Fsp3) is 0.500. The molecule has 1 N–H and O–H groups in total. The van der Waals surface area contributed by atoms with Gasteiger partial charge < -0.3 is 14.8 Å². The summed E-state index contributed by atoms with van der Waals surface area (Å²) in [4.78, 5) is 24.4. The Bertz CT molecular complexity index is 754. The third-order valence-electron chi connectivity index (χ3n) is 4.18. The normalized spacial score (nSPS) is 16.3. The molecule has 1 aliphatic rings. The maximum absolute atomic E-state index is 12.5. The highest BCUT2D eigenvalue weighted by Crippen LogP contribution is 2.25. The minimum atomic E-state index is -3.24. The highest BCUT2D eigenvalue weighted by Gasteiger charge is 2.29. The summed E-state index contributed by atoms with van der Waals surface area (Å²) in [5.74, 6) is -0.671. The quantitative estimate of drug-likeness (QED) is 0.779. The van der Waals surface area contributed by atoms with Gasteiger partial charge in [0.2, 0.25) is 15.9 Å². The molecule has 1 aliphatic heterocycles. The topological polar surface area (TPSA) is 102 Å². The third kappa shape index (κ3) is 4.70. The molecule has 1 aromatic rings. The van der Waals surface area contributed by atoms with Crippen molar-refractivity contribution < 1.29 is 27.5 Å². The molecule has 1 fully saturated rings. The number of rotatable bonds is 5. The van der Waals surface area contributed by atoms with Gasteiger partial charge in [0.25, 0.3) is 0 Å². The molecule has 9 heteroatoms. The molecular weight excluding hydrogens is 348 g/mol. The summed E-state index contributed by atoms with van der Waals surface area (Å²) in [6.07, 6.45) is 2.03. The average Bonchev–Trinajstić information content (AvgIpc) is 2.60. The van der Waals surface area contributed by atoms with E-state index in [-0.39, 0.29) is 17.4 Å². The van der Waals surface area contributed by atoms with Crippen LogP contribution in [0.15, 0.2) is 18.2 Å². The van der Waals surface area contributed by atoms with Crippen LogP contribution >= 0.6 is 0 Å². The molecule has 0 unspecified atom stereocenters. The smallest absolute Gasteiger partial charge is 0.340 e. The summed E-state index contributed by atoms with van der Waals surface area (Å²) in [6.45, 7) is 0.618. The zero-order chi connectivity index (χ0) is 18.6. The number of hydrogen-bond acceptors (Lipinski definition) is 6. The van der Waals surface area contributed by atoms with Crippen LogP contribution in [0, 0.1) is 5.92 Å². The van der Waals surface area contributed by atoms with Crippen LogP contribution in [0.1, 0.15) is 23.2 Å². The second-order valence-corrected chi connectivity index (χ2v) is 7.81. The summed E-state index contributed by atoms with van der Waals surface area (Å²) >= 11 is 0. The number of methoxy groups -OCH3 is 2.